The average molecular weight is 454 g/mol. The van der Waals surface area contributed by atoms with Crippen molar-refractivity contribution in [3.63, 3.8) is 0 Å². The highest BCUT2D eigenvalue weighted by Crippen LogP contribution is 2.30. The van der Waals surface area contributed by atoms with E-state index in [4.69, 9.17) is 4.74 Å². The van der Waals surface area contributed by atoms with Gasteiger partial charge in [-0.25, -0.2) is 19.2 Å². The molecule has 3 rings (SSSR count). The number of benzene rings is 1. The number of urea groups is 1. The van der Waals surface area contributed by atoms with Crippen LogP contribution in [0.3, 0.4) is 0 Å². The van der Waals surface area contributed by atoms with E-state index in [1.807, 2.05) is 0 Å². The van der Waals surface area contributed by atoms with E-state index < -0.39 is 42.3 Å². The van der Waals surface area contributed by atoms with Gasteiger partial charge in [-0.05, 0) is 25.5 Å². The number of halogens is 4. The van der Waals surface area contributed by atoms with Crippen LogP contribution in [0.2, 0.25) is 0 Å². The van der Waals surface area contributed by atoms with Crippen molar-refractivity contribution >= 4 is 17.8 Å². The number of hydrogen-bond acceptors (Lipinski definition) is 5. The first kappa shape index (κ1) is 23.4. The smallest absolute Gasteiger partial charge is 0.419 e. The van der Waals surface area contributed by atoms with Gasteiger partial charge in [0, 0.05) is 18.0 Å². The molecule has 1 aromatic heterocycles. The molecule has 0 spiro atoms. The molecule has 1 aliphatic heterocycles. The summed E-state index contributed by atoms with van der Waals surface area (Å²) in [7, 11) is 0. The van der Waals surface area contributed by atoms with Crippen molar-refractivity contribution in [3.05, 3.63) is 47.8 Å². The van der Waals surface area contributed by atoms with Crippen LogP contribution < -0.4 is 9.64 Å². The Hall–Kier alpha value is -3.24. The number of carbonyl (C=O) groups is 2. The van der Waals surface area contributed by atoms with Crippen LogP contribution in [0, 0.1) is 0 Å². The highest BCUT2D eigenvalue weighted by molar-refractivity contribution is 6.02. The van der Waals surface area contributed by atoms with E-state index in [2.05, 4.69) is 9.97 Å². The van der Waals surface area contributed by atoms with E-state index in [-0.39, 0.29) is 18.9 Å². The maximum Gasteiger partial charge on any atom is 0.419 e. The molecule has 2 atom stereocenters. The van der Waals surface area contributed by atoms with Crippen molar-refractivity contribution in [2.24, 2.45) is 0 Å². The summed E-state index contributed by atoms with van der Waals surface area (Å²) in [4.78, 5) is 35.1. The Kier molecular flexibility index (Phi) is 6.95. The summed E-state index contributed by atoms with van der Waals surface area (Å²) >= 11 is 0. The Bertz CT molecular complexity index is 968. The van der Waals surface area contributed by atoms with Gasteiger partial charge in [0.05, 0.1) is 31.3 Å². The zero-order valence-corrected chi connectivity index (χ0v) is 17.5. The Labute approximate surface area is 182 Å². The maximum atomic E-state index is 14.6. The topological polar surface area (TPSA) is 75.6 Å². The van der Waals surface area contributed by atoms with Crippen molar-refractivity contribution in [1.29, 1.82) is 0 Å². The molecule has 0 unspecified atom stereocenters. The van der Waals surface area contributed by atoms with E-state index >= 15 is 0 Å². The first-order valence-corrected chi connectivity index (χ1v) is 10.0. The van der Waals surface area contributed by atoms with Gasteiger partial charge in [0.2, 0.25) is 5.95 Å². The molecular weight excluding hydrogens is 432 g/mol. The fourth-order valence-electron chi connectivity index (χ4n) is 3.37. The molecule has 1 saturated heterocycles. The number of rotatable bonds is 8. The van der Waals surface area contributed by atoms with Crippen molar-refractivity contribution in [2.45, 2.75) is 38.7 Å². The summed E-state index contributed by atoms with van der Waals surface area (Å²) in [6, 6.07) is 4.68. The molecule has 0 aliphatic carbocycles. The number of alkyl halides is 4. The predicted molar refractivity (Wildman–Crippen MR) is 107 cm³/mol. The molecule has 2 aromatic rings. The minimum Gasteiger partial charge on any atom is -0.494 e. The second kappa shape index (κ2) is 9.49. The number of ketones is 1. The number of anilines is 1. The number of ether oxygens (including phenoxy) is 1. The fourth-order valence-corrected chi connectivity index (χ4v) is 3.37. The van der Waals surface area contributed by atoms with E-state index in [0.717, 1.165) is 9.80 Å². The molecule has 0 bridgehead atoms. The molecule has 0 radical (unpaired) electrons. The van der Waals surface area contributed by atoms with Crippen LogP contribution in [-0.4, -0.2) is 58.6 Å². The first-order valence-electron chi connectivity index (χ1n) is 10.0. The van der Waals surface area contributed by atoms with Crippen LogP contribution in [-0.2, 0) is 6.18 Å². The summed E-state index contributed by atoms with van der Waals surface area (Å²) < 4.78 is 58.3. The minimum atomic E-state index is -4.63. The first-order chi connectivity index (χ1) is 15.2. The number of amides is 2. The third-order valence-electron chi connectivity index (χ3n) is 5.04. The molecule has 0 saturated carbocycles. The lowest BCUT2D eigenvalue weighted by Gasteiger charge is -2.24. The molecule has 1 fully saturated rings. The summed E-state index contributed by atoms with van der Waals surface area (Å²) in [6.07, 6.45) is -4.86. The lowest BCUT2D eigenvalue weighted by atomic mass is 10.1. The van der Waals surface area contributed by atoms with Gasteiger partial charge >= 0.3 is 12.2 Å². The Balaban J connectivity index is 1.83. The number of aromatic nitrogens is 2. The fraction of sp³-hybridized carbons (Fsp3) is 0.429. The summed E-state index contributed by atoms with van der Waals surface area (Å²) in [6.45, 7) is 3.21. The zero-order chi connectivity index (χ0) is 23.5. The monoisotopic (exact) mass is 454 g/mol. The van der Waals surface area contributed by atoms with Crippen LogP contribution in [0.5, 0.6) is 5.75 Å². The molecule has 1 aliphatic rings. The van der Waals surface area contributed by atoms with Crippen molar-refractivity contribution < 1.29 is 31.9 Å². The Morgan fingerprint density at radius 1 is 1.25 bits per heavy atom. The highest BCUT2D eigenvalue weighted by Gasteiger charge is 2.44. The van der Waals surface area contributed by atoms with Gasteiger partial charge in [-0.3, -0.25) is 9.69 Å². The second-order valence-electron chi connectivity index (χ2n) is 7.17. The molecule has 7 nitrogen and oxygen atoms in total. The van der Waals surface area contributed by atoms with Crippen LogP contribution in [0.1, 0.15) is 36.2 Å². The number of Topliss-reactive ketones (excluding diaryl/α,β-unsaturated/α-hetero) is 1. The molecule has 2 heterocycles. The average Bonchev–Trinajstić information content (AvgIpc) is 3.09. The van der Waals surface area contributed by atoms with Crippen LogP contribution in [0.15, 0.2) is 36.7 Å². The Morgan fingerprint density at radius 2 is 1.94 bits per heavy atom. The molecule has 172 valence electrons. The third-order valence-corrected chi connectivity index (χ3v) is 5.04. The molecule has 0 N–H and O–H groups in total. The number of hydrogen-bond donors (Lipinski definition) is 0. The van der Waals surface area contributed by atoms with Crippen LogP contribution in [0.4, 0.5) is 28.3 Å². The molecule has 11 heteroatoms. The van der Waals surface area contributed by atoms with Gasteiger partial charge in [-0.2, -0.15) is 13.2 Å². The second-order valence-corrected chi connectivity index (χ2v) is 7.17. The molecule has 32 heavy (non-hydrogen) atoms. The van der Waals surface area contributed by atoms with E-state index in [1.54, 1.807) is 32.0 Å². The van der Waals surface area contributed by atoms with E-state index in [1.165, 1.54) is 6.07 Å². The zero-order valence-electron chi connectivity index (χ0n) is 17.5. The van der Waals surface area contributed by atoms with Crippen molar-refractivity contribution in [3.8, 4) is 5.75 Å². The normalized spacial score (nSPS) is 17.6. The highest BCUT2D eigenvalue weighted by atomic mass is 19.4. The molecule has 1 aromatic carbocycles. The summed E-state index contributed by atoms with van der Waals surface area (Å²) in [5.74, 6) is -0.229. The van der Waals surface area contributed by atoms with Gasteiger partial charge in [0.15, 0.2) is 5.78 Å². The maximum absolute atomic E-state index is 14.6. The SMILES string of the molecule is CCOc1cccc(C(=O)CN2C(=O)N(c3ncc(C(F)(F)F)cn3)C[C@@H]2[C@@H](F)CC)c1. The summed E-state index contributed by atoms with van der Waals surface area (Å²) in [5, 5.41) is 0. The lowest BCUT2D eigenvalue weighted by Crippen LogP contribution is -2.43. The largest absolute Gasteiger partial charge is 0.494 e. The summed E-state index contributed by atoms with van der Waals surface area (Å²) in [5.41, 5.74) is -0.777. The minimum absolute atomic E-state index is 0.0875. The lowest BCUT2D eigenvalue weighted by molar-refractivity contribution is -0.138. The quantitative estimate of drug-likeness (QED) is 0.443. The Morgan fingerprint density at radius 3 is 2.53 bits per heavy atom. The van der Waals surface area contributed by atoms with Gasteiger partial charge in [-0.1, -0.05) is 19.1 Å². The van der Waals surface area contributed by atoms with Gasteiger partial charge < -0.3 is 9.64 Å². The molecular formula is C21H22F4N4O3. The van der Waals surface area contributed by atoms with Crippen molar-refractivity contribution in [1.82, 2.24) is 14.9 Å². The van der Waals surface area contributed by atoms with Crippen LogP contribution in [0.25, 0.3) is 0 Å². The van der Waals surface area contributed by atoms with Crippen LogP contribution >= 0.6 is 0 Å². The van der Waals surface area contributed by atoms with Gasteiger partial charge in [-0.15, -0.1) is 0 Å². The number of carbonyl (C=O) groups excluding carboxylic acids is 2. The van der Waals surface area contributed by atoms with Gasteiger partial charge in [0.1, 0.15) is 11.9 Å². The standard InChI is InChI=1S/C21H22F4N4O3/c1-3-16(22)17-11-29(19-26-9-14(10-27-19)21(23,24)25)20(31)28(17)12-18(30)13-6-5-7-15(8-13)32-4-2/h5-10,16-17H,3-4,11-12H2,1-2H3/t16-,17+/m0/s1. The molecule has 2 amide bonds. The van der Waals surface area contributed by atoms with E-state index in [0.29, 0.717) is 30.3 Å². The third kappa shape index (κ3) is 4.97. The van der Waals surface area contributed by atoms with Crippen molar-refractivity contribution in [2.75, 3.05) is 24.6 Å². The predicted octanol–water partition coefficient (Wildman–Crippen LogP) is 4.14. The number of nitrogens with zero attached hydrogens (tertiary/aromatic N) is 4. The van der Waals surface area contributed by atoms with Gasteiger partial charge in [0.25, 0.3) is 0 Å². The van der Waals surface area contributed by atoms with E-state index in [9.17, 15) is 27.2 Å².